The lowest BCUT2D eigenvalue weighted by Crippen LogP contribution is -2.13. The molecule has 2 aromatic carbocycles. The standard InChI is InChI=1S/C23H20BrN7O2S/c1-31-8-7-25-21(31)14-26-17-9-15(22-28-20-11-16(24)13-27-23(20)29-22)10-18(12-17)30-34(32,33)19-5-3-2-4-6-19/h2-13,26,30H,14H2,1H3,(H,27,28,29). The van der Waals surface area contributed by atoms with E-state index in [9.17, 15) is 8.42 Å². The van der Waals surface area contributed by atoms with Crippen LogP contribution >= 0.6 is 15.9 Å². The van der Waals surface area contributed by atoms with E-state index in [1.807, 2.05) is 29.9 Å². The van der Waals surface area contributed by atoms with Crippen LogP contribution in [0, 0.1) is 0 Å². The first-order valence-corrected chi connectivity index (χ1v) is 12.6. The fourth-order valence-corrected chi connectivity index (χ4v) is 4.89. The molecule has 0 spiro atoms. The van der Waals surface area contributed by atoms with Gasteiger partial charge in [0.2, 0.25) is 0 Å². The average molecular weight is 538 g/mol. The van der Waals surface area contributed by atoms with E-state index in [0.29, 0.717) is 35.0 Å². The summed E-state index contributed by atoms with van der Waals surface area (Å²) in [4.78, 5) is 16.7. The van der Waals surface area contributed by atoms with Crippen LogP contribution in [0.1, 0.15) is 5.82 Å². The van der Waals surface area contributed by atoms with Gasteiger partial charge < -0.3 is 14.9 Å². The zero-order valence-electron chi connectivity index (χ0n) is 18.0. The number of benzene rings is 2. The lowest BCUT2D eigenvalue weighted by Gasteiger charge is -2.13. The Morgan fingerprint density at radius 1 is 1.06 bits per heavy atom. The van der Waals surface area contributed by atoms with Crippen LogP contribution in [0.4, 0.5) is 11.4 Å². The largest absolute Gasteiger partial charge is 0.378 e. The second-order valence-electron chi connectivity index (χ2n) is 7.64. The molecule has 0 fully saturated rings. The number of nitrogens with one attached hydrogen (secondary N) is 3. The van der Waals surface area contributed by atoms with Gasteiger partial charge in [0.05, 0.1) is 22.6 Å². The highest BCUT2D eigenvalue weighted by Gasteiger charge is 2.16. The van der Waals surface area contributed by atoms with Crippen molar-refractivity contribution in [2.45, 2.75) is 11.4 Å². The number of pyridine rings is 1. The molecular weight excluding hydrogens is 518 g/mol. The molecule has 0 aliphatic carbocycles. The molecule has 3 aromatic heterocycles. The average Bonchev–Trinajstić information content (AvgIpc) is 3.43. The number of aromatic amines is 1. The maximum absolute atomic E-state index is 12.9. The SMILES string of the molecule is Cn1ccnc1CNc1cc(NS(=O)(=O)c2ccccc2)cc(-c2nc3ncc(Br)cc3[nH]2)c1. The van der Waals surface area contributed by atoms with Crippen molar-refractivity contribution in [1.82, 2.24) is 24.5 Å². The number of rotatable bonds is 7. The van der Waals surface area contributed by atoms with Gasteiger partial charge in [-0.3, -0.25) is 4.72 Å². The van der Waals surface area contributed by atoms with Crippen LogP contribution < -0.4 is 10.0 Å². The summed E-state index contributed by atoms with van der Waals surface area (Å²) in [5.74, 6) is 1.41. The van der Waals surface area contributed by atoms with Gasteiger partial charge >= 0.3 is 0 Å². The topological polar surface area (TPSA) is 118 Å². The molecule has 3 heterocycles. The zero-order valence-corrected chi connectivity index (χ0v) is 20.4. The summed E-state index contributed by atoms with van der Waals surface area (Å²) in [7, 11) is -1.85. The van der Waals surface area contributed by atoms with Crippen LogP contribution in [0.5, 0.6) is 0 Å². The van der Waals surface area contributed by atoms with E-state index < -0.39 is 10.0 Å². The maximum Gasteiger partial charge on any atom is 0.261 e. The van der Waals surface area contributed by atoms with Crippen molar-refractivity contribution in [1.29, 1.82) is 0 Å². The number of fused-ring (bicyclic) bond motifs is 1. The number of hydrogen-bond donors (Lipinski definition) is 3. The van der Waals surface area contributed by atoms with Gasteiger partial charge in [0.1, 0.15) is 11.6 Å². The first-order chi connectivity index (χ1) is 16.4. The quantitative estimate of drug-likeness (QED) is 0.280. The Kier molecular flexibility index (Phi) is 5.80. The molecule has 9 nitrogen and oxygen atoms in total. The third kappa shape index (κ3) is 4.66. The molecule has 0 saturated carbocycles. The third-order valence-corrected chi connectivity index (χ3v) is 7.02. The summed E-state index contributed by atoms with van der Waals surface area (Å²) in [5, 5.41) is 3.32. The molecule has 5 rings (SSSR count). The van der Waals surface area contributed by atoms with Gasteiger partial charge in [-0.15, -0.1) is 0 Å². The maximum atomic E-state index is 12.9. The Morgan fingerprint density at radius 2 is 1.85 bits per heavy atom. The first-order valence-electron chi connectivity index (χ1n) is 10.3. The van der Waals surface area contributed by atoms with Crippen molar-refractivity contribution in [3.8, 4) is 11.4 Å². The highest BCUT2D eigenvalue weighted by molar-refractivity contribution is 9.10. The lowest BCUT2D eigenvalue weighted by atomic mass is 10.1. The van der Waals surface area contributed by atoms with Gasteiger partial charge in [-0.05, 0) is 52.3 Å². The monoisotopic (exact) mass is 537 g/mol. The first kappa shape index (κ1) is 22.1. The molecule has 5 aromatic rings. The summed E-state index contributed by atoms with van der Waals surface area (Å²) in [5.41, 5.74) is 3.14. The predicted octanol–water partition coefficient (Wildman–Crippen LogP) is 4.53. The summed E-state index contributed by atoms with van der Waals surface area (Å²) >= 11 is 3.42. The van der Waals surface area contributed by atoms with Crippen LogP contribution in [0.15, 0.2) is 82.6 Å². The molecule has 0 unspecified atom stereocenters. The van der Waals surface area contributed by atoms with Crippen LogP contribution in [-0.2, 0) is 23.6 Å². The number of aromatic nitrogens is 5. The molecule has 0 aliphatic rings. The van der Waals surface area contributed by atoms with E-state index >= 15 is 0 Å². The molecule has 172 valence electrons. The van der Waals surface area contributed by atoms with E-state index in [1.165, 1.54) is 0 Å². The lowest BCUT2D eigenvalue weighted by molar-refractivity contribution is 0.601. The van der Waals surface area contributed by atoms with Crippen molar-refractivity contribution >= 4 is 48.5 Å². The Morgan fingerprint density at radius 3 is 2.62 bits per heavy atom. The Hall–Kier alpha value is -3.70. The van der Waals surface area contributed by atoms with Gasteiger partial charge in [-0.2, -0.15) is 0 Å². The van der Waals surface area contributed by atoms with Gasteiger partial charge in [0.15, 0.2) is 5.65 Å². The summed E-state index contributed by atoms with van der Waals surface area (Å²) in [6.45, 7) is 0.465. The number of halogens is 1. The minimum atomic E-state index is -3.77. The summed E-state index contributed by atoms with van der Waals surface area (Å²) < 4.78 is 31.3. The van der Waals surface area contributed by atoms with E-state index in [2.05, 4.69) is 45.9 Å². The van der Waals surface area contributed by atoms with Crippen molar-refractivity contribution in [3.63, 3.8) is 0 Å². The molecule has 11 heteroatoms. The smallest absolute Gasteiger partial charge is 0.261 e. The number of sulfonamides is 1. The summed E-state index contributed by atoms with van der Waals surface area (Å²) in [6.07, 6.45) is 5.27. The van der Waals surface area contributed by atoms with E-state index in [-0.39, 0.29) is 4.90 Å². The van der Waals surface area contributed by atoms with E-state index in [1.54, 1.807) is 54.9 Å². The van der Waals surface area contributed by atoms with Gasteiger partial charge in [-0.1, -0.05) is 18.2 Å². The van der Waals surface area contributed by atoms with Crippen LogP contribution in [0.2, 0.25) is 0 Å². The molecule has 0 atom stereocenters. The fraction of sp³-hybridized carbons (Fsp3) is 0.0870. The van der Waals surface area contributed by atoms with Crippen LogP contribution in [0.25, 0.3) is 22.6 Å². The van der Waals surface area contributed by atoms with Gasteiger partial charge in [0, 0.05) is 41.4 Å². The fourth-order valence-electron chi connectivity index (χ4n) is 3.50. The Balaban J connectivity index is 1.53. The van der Waals surface area contributed by atoms with Crippen molar-refractivity contribution in [2.75, 3.05) is 10.0 Å². The highest BCUT2D eigenvalue weighted by Crippen LogP contribution is 2.29. The summed E-state index contributed by atoms with van der Waals surface area (Å²) in [6, 6.07) is 15.5. The molecule has 3 N–H and O–H groups in total. The molecule has 34 heavy (non-hydrogen) atoms. The molecule has 0 amide bonds. The predicted molar refractivity (Wildman–Crippen MR) is 135 cm³/mol. The second-order valence-corrected chi connectivity index (χ2v) is 10.2. The van der Waals surface area contributed by atoms with Crippen LogP contribution in [0.3, 0.4) is 0 Å². The minimum absolute atomic E-state index is 0.181. The molecule has 0 aliphatic heterocycles. The number of aryl methyl sites for hydroxylation is 1. The Bertz CT molecular complexity index is 1580. The van der Waals surface area contributed by atoms with Gasteiger partial charge in [-0.25, -0.2) is 23.4 Å². The van der Waals surface area contributed by atoms with E-state index in [0.717, 1.165) is 15.8 Å². The number of nitrogens with zero attached hydrogens (tertiary/aromatic N) is 4. The highest BCUT2D eigenvalue weighted by atomic mass is 79.9. The van der Waals surface area contributed by atoms with Crippen molar-refractivity contribution in [3.05, 3.63) is 83.5 Å². The number of anilines is 2. The number of H-pyrrole nitrogens is 1. The zero-order chi connectivity index (χ0) is 23.7. The van der Waals surface area contributed by atoms with Gasteiger partial charge in [0.25, 0.3) is 10.0 Å². The number of imidazole rings is 2. The third-order valence-electron chi connectivity index (χ3n) is 5.19. The van der Waals surface area contributed by atoms with E-state index in [4.69, 9.17) is 0 Å². The second kappa shape index (κ2) is 8.92. The molecule has 0 saturated heterocycles. The van der Waals surface area contributed by atoms with Crippen molar-refractivity contribution < 1.29 is 8.42 Å². The normalized spacial score (nSPS) is 11.6. The number of hydrogen-bond acceptors (Lipinski definition) is 6. The minimum Gasteiger partial charge on any atom is -0.378 e. The Labute approximate surface area is 204 Å². The molecule has 0 bridgehead atoms. The van der Waals surface area contributed by atoms with Crippen LogP contribution in [-0.4, -0.2) is 32.9 Å². The van der Waals surface area contributed by atoms with Crippen molar-refractivity contribution in [2.24, 2.45) is 7.05 Å². The molecule has 0 radical (unpaired) electrons. The molecular formula is C23H20BrN7O2S.